The minimum absolute atomic E-state index is 0.279. The van der Waals surface area contributed by atoms with Crippen LogP contribution in [0.3, 0.4) is 0 Å². The molecule has 21 heavy (non-hydrogen) atoms. The van der Waals surface area contributed by atoms with E-state index in [0.717, 1.165) is 5.69 Å². The average molecular weight is 289 g/mol. The second-order valence-corrected chi connectivity index (χ2v) is 4.31. The van der Waals surface area contributed by atoms with Crippen LogP contribution >= 0.6 is 0 Å². The molecule has 1 amide bonds. The number of benzene rings is 1. The van der Waals surface area contributed by atoms with Crippen molar-refractivity contribution in [1.29, 1.82) is 0 Å². The summed E-state index contributed by atoms with van der Waals surface area (Å²) in [5.74, 6) is -0.701. The molecule has 2 N–H and O–H groups in total. The first-order valence-electron chi connectivity index (χ1n) is 6.45. The maximum atomic E-state index is 12.8. The molecule has 0 radical (unpaired) electrons. The van der Waals surface area contributed by atoms with E-state index in [1.54, 1.807) is 25.4 Å². The van der Waals surface area contributed by atoms with Crippen LogP contribution in [-0.4, -0.2) is 31.2 Å². The number of carbonyl (C=O) groups is 1. The molecule has 0 atom stereocenters. The van der Waals surface area contributed by atoms with Crippen molar-refractivity contribution in [2.24, 2.45) is 0 Å². The highest BCUT2D eigenvalue weighted by molar-refractivity contribution is 6.03. The lowest BCUT2D eigenvalue weighted by molar-refractivity contribution is 0.102. The van der Waals surface area contributed by atoms with Gasteiger partial charge in [-0.2, -0.15) is 0 Å². The third kappa shape index (κ3) is 4.54. The Morgan fingerprint density at radius 3 is 2.71 bits per heavy atom. The number of nitrogens with one attached hydrogen (secondary N) is 2. The molecule has 0 saturated carbocycles. The summed E-state index contributed by atoms with van der Waals surface area (Å²) in [5, 5.41) is 5.78. The molecular weight excluding hydrogens is 273 g/mol. The van der Waals surface area contributed by atoms with Gasteiger partial charge in [-0.25, -0.2) is 4.39 Å². The van der Waals surface area contributed by atoms with Crippen LogP contribution in [0.1, 0.15) is 10.5 Å². The number of methoxy groups -OCH3 is 1. The Labute approximate surface area is 122 Å². The Hall–Kier alpha value is -2.47. The van der Waals surface area contributed by atoms with Crippen molar-refractivity contribution in [3.8, 4) is 0 Å². The molecule has 0 unspecified atom stereocenters. The number of pyridine rings is 1. The van der Waals surface area contributed by atoms with Crippen molar-refractivity contribution >= 4 is 17.3 Å². The van der Waals surface area contributed by atoms with Crippen molar-refractivity contribution in [2.45, 2.75) is 0 Å². The number of aromatic nitrogens is 1. The van der Waals surface area contributed by atoms with Gasteiger partial charge in [0.15, 0.2) is 0 Å². The van der Waals surface area contributed by atoms with Crippen molar-refractivity contribution in [3.63, 3.8) is 0 Å². The Kier molecular flexibility index (Phi) is 5.22. The number of anilines is 2. The van der Waals surface area contributed by atoms with Crippen LogP contribution in [0.4, 0.5) is 15.8 Å². The standard InChI is InChI=1S/C15H16FN3O2/c1-21-9-8-17-13-6-7-18-14(10-13)15(20)19-12-4-2-11(16)3-5-12/h2-7,10H,8-9H2,1H3,(H,17,18)(H,19,20). The Bertz CT molecular complexity index is 602. The van der Waals surface area contributed by atoms with Crippen LogP contribution in [0.15, 0.2) is 42.6 Å². The molecule has 0 saturated heterocycles. The van der Waals surface area contributed by atoms with E-state index >= 15 is 0 Å². The summed E-state index contributed by atoms with van der Waals surface area (Å²) in [6.07, 6.45) is 1.55. The number of nitrogens with zero attached hydrogens (tertiary/aromatic N) is 1. The second-order valence-electron chi connectivity index (χ2n) is 4.31. The fourth-order valence-corrected chi connectivity index (χ4v) is 1.69. The summed E-state index contributed by atoms with van der Waals surface area (Å²) in [6, 6.07) is 8.97. The first kappa shape index (κ1) is 14.9. The molecule has 0 aliphatic heterocycles. The lowest BCUT2D eigenvalue weighted by Crippen LogP contribution is -2.14. The van der Waals surface area contributed by atoms with E-state index in [4.69, 9.17) is 4.74 Å². The third-order valence-corrected chi connectivity index (χ3v) is 2.73. The molecule has 110 valence electrons. The van der Waals surface area contributed by atoms with Crippen molar-refractivity contribution in [3.05, 3.63) is 54.1 Å². The molecule has 1 heterocycles. The van der Waals surface area contributed by atoms with Gasteiger partial charge in [-0.3, -0.25) is 9.78 Å². The highest BCUT2D eigenvalue weighted by Gasteiger charge is 2.08. The van der Waals surface area contributed by atoms with E-state index in [1.807, 2.05) is 0 Å². The molecule has 0 spiro atoms. The highest BCUT2D eigenvalue weighted by Crippen LogP contribution is 2.12. The average Bonchev–Trinajstić information content (AvgIpc) is 2.50. The zero-order valence-corrected chi connectivity index (χ0v) is 11.6. The quantitative estimate of drug-likeness (QED) is 0.802. The van der Waals surface area contributed by atoms with Crippen LogP contribution in [0.5, 0.6) is 0 Å². The van der Waals surface area contributed by atoms with E-state index in [9.17, 15) is 9.18 Å². The van der Waals surface area contributed by atoms with Crippen LogP contribution in [-0.2, 0) is 4.74 Å². The summed E-state index contributed by atoms with van der Waals surface area (Å²) >= 11 is 0. The molecule has 6 heteroatoms. The number of amides is 1. The molecule has 2 rings (SSSR count). The number of hydrogen-bond acceptors (Lipinski definition) is 4. The van der Waals surface area contributed by atoms with Gasteiger partial charge in [-0.15, -0.1) is 0 Å². The van der Waals surface area contributed by atoms with Gasteiger partial charge in [0.05, 0.1) is 6.61 Å². The maximum Gasteiger partial charge on any atom is 0.274 e. The largest absolute Gasteiger partial charge is 0.383 e. The second kappa shape index (κ2) is 7.35. The van der Waals surface area contributed by atoms with E-state index < -0.39 is 0 Å². The summed E-state index contributed by atoms with van der Waals surface area (Å²) in [7, 11) is 1.62. The SMILES string of the molecule is COCCNc1ccnc(C(=O)Nc2ccc(F)cc2)c1. The summed E-state index contributed by atoms with van der Waals surface area (Å²) < 4.78 is 17.7. The Morgan fingerprint density at radius 2 is 2.00 bits per heavy atom. The fraction of sp³-hybridized carbons (Fsp3) is 0.200. The number of hydrogen-bond donors (Lipinski definition) is 2. The molecule has 0 aliphatic carbocycles. The van der Waals surface area contributed by atoms with Crippen LogP contribution in [0.25, 0.3) is 0 Å². The molecule has 0 aliphatic rings. The maximum absolute atomic E-state index is 12.8. The minimum Gasteiger partial charge on any atom is -0.383 e. The number of ether oxygens (including phenoxy) is 1. The molecule has 0 fully saturated rings. The Morgan fingerprint density at radius 1 is 1.24 bits per heavy atom. The van der Waals surface area contributed by atoms with E-state index in [0.29, 0.717) is 18.8 Å². The molecule has 5 nitrogen and oxygen atoms in total. The van der Waals surface area contributed by atoms with Crippen molar-refractivity contribution in [1.82, 2.24) is 4.98 Å². The number of carbonyl (C=O) groups excluding carboxylic acids is 1. The van der Waals surface area contributed by atoms with Gasteiger partial charge in [-0.1, -0.05) is 0 Å². The molecule has 1 aromatic heterocycles. The fourth-order valence-electron chi connectivity index (χ4n) is 1.69. The van der Waals surface area contributed by atoms with Gasteiger partial charge in [0, 0.05) is 31.2 Å². The third-order valence-electron chi connectivity index (χ3n) is 2.73. The summed E-state index contributed by atoms with van der Waals surface area (Å²) in [4.78, 5) is 16.1. The molecule has 1 aromatic carbocycles. The van der Waals surface area contributed by atoms with Gasteiger partial charge in [0.1, 0.15) is 11.5 Å². The summed E-state index contributed by atoms with van der Waals surface area (Å²) in [5.41, 5.74) is 1.58. The van der Waals surface area contributed by atoms with Gasteiger partial charge >= 0.3 is 0 Å². The Balaban J connectivity index is 2.01. The molecule has 2 aromatic rings. The zero-order chi connectivity index (χ0) is 15.1. The van der Waals surface area contributed by atoms with E-state index in [-0.39, 0.29) is 17.4 Å². The predicted octanol–water partition coefficient (Wildman–Crippen LogP) is 2.53. The van der Waals surface area contributed by atoms with Gasteiger partial charge in [0.25, 0.3) is 5.91 Å². The summed E-state index contributed by atoms with van der Waals surface area (Å²) in [6.45, 7) is 1.21. The highest BCUT2D eigenvalue weighted by atomic mass is 19.1. The van der Waals surface area contributed by atoms with E-state index in [2.05, 4.69) is 15.6 Å². The first-order chi connectivity index (χ1) is 10.2. The first-order valence-corrected chi connectivity index (χ1v) is 6.45. The van der Waals surface area contributed by atoms with Crippen LogP contribution in [0.2, 0.25) is 0 Å². The topological polar surface area (TPSA) is 63.2 Å². The number of halogens is 1. The monoisotopic (exact) mass is 289 g/mol. The van der Waals surface area contributed by atoms with Crippen LogP contribution < -0.4 is 10.6 Å². The zero-order valence-electron chi connectivity index (χ0n) is 11.6. The molecule has 0 bridgehead atoms. The lowest BCUT2D eigenvalue weighted by Gasteiger charge is -2.08. The van der Waals surface area contributed by atoms with E-state index in [1.165, 1.54) is 24.3 Å². The minimum atomic E-state index is -0.351. The normalized spacial score (nSPS) is 10.2. The van der Waals surface area contributed by atoms with Gasteiger partial charge < -0.3 is 15.4 Å². The lowest BCUT2D eigenvalue weighted by atomic mass is 10.2. The van der Waals surface area contributed by atoms with Crippen LogP contribution in [0, 0.1) is 5.82 Å². The smallest absolute Gasteiger partial charge is 0.274 e. The van der Waals surface area contributed by atoms with Gasteiger partial charge in [-0.05, 0) is 36.4 Å². The van der Waals surface area contributed by atoms with Crippen molar-refractivity contribution < 1.29 is 13.9 Å². The van der Waals surface area contributed by atoms with Gasteiger partial charge in [0.2, 0.25) is 0 Å². The molecular formula is C15H16FN3O2. The number of rotatable bonds is 6. The van der Waals surface area contributed by atoms with Crippen molar-refractivity contribution in [2.75, 3.05) is 30.9 Å². The predicted molar refractivity (Wildman–Crippen MR) is 79.0 cm³/mol.